The molecule has 30 heavy (non-hydrogen) atoms. The topological polar surface area (TPSA) is 60.3 Å². The summed E-state index contributed by atoms with van der Waals surface area (Å²) in [6.07, 6.45) is 0. The smallest absolute Gasteiger partial charge is 0.355 e. The van der Waals surface area contributed by atoms with E-state index in [4.69, 9.17) is 27.9 Å². The van der Waals surface area contributed by atoms with Crippen molar-refractivity contribution in [3.05, 3.63) is 86.7 Å². The number of nitrogens with one attached hydrogen (secondary N) is 1. The lowest BCUT2D eigenvalue weighted by molar-refractivity contribution is 0.0513. The molecule has 0 aliphatic carbocycles. The van der Waals surface area contributed by atoms with Gasteiger partial charge in [-0.05, 0) is 50.1 Å². The Hall–Kier alpha value is -2.76. The molecule has 5 nitrogen and oxygen atoms in total. The van der Waals surface area contributed by atoms with Crippen LogP contribution in [0.3, 0.4) is 0 Å². The highest BCUT2D eigenvalue weighted by Gasteiger charge is 2.27. The molecule has 1 heterocycles. The molecule has 1 aromatic heterocycles. The molecule has 0 spiro atoms. The lowest BCUT2D eigenvalue weighted by Crippen LogP contribution is -2.15. The van der Waals surface area contributed by atoms with Crippen molar-refractivity contribution < 1.29 is 14.3 Å². The first-order valence-corrected chi connectivity index (χ1v) is 10.3. The molecule has 0 aliphatic rings. The summed E-state index contributed by atoms with van der Waals surface area (Å²) in [5.74, 6) is -0.833. The zero-order chi connectivity index (χ0) is 21.8. The van der Waals surface area contributed by atoms with Gasteiger partial charge in [-0.1, -0.05) is 53.5 Å². The predicted molar refractivity (Wildman–Crippen MR) is 120 cm³/mol. The van der Waals surface area contributed by atoms with Crippen molar-refractivity contribution in [1.82, 2.24) is 4.57 Å². The second-order valence-corrected chi connectivity index (χ2v) is 7.65. The van der Waals surface area contributed by atoms with E-state index in [0.717, 1.165) is 5.56 Å². The summed E-state index contributed by atoms with van der Waals surface area (Å²) < 4.78 is 7.07. The van der Waals surface area contributed by atoms with Gasteiger partial charge in [0, 0.05) is 17.3 Å². The van der Waals surface area contributed by atoms with Crippen LogP contribution in [0.1, 0.15) is 44.6 Å². The van der Waals surface area contributed by atoms with E-state index >= 15 is 0 Å². The number of carbonyl (C=O) groups excluding carboxylic acids is 2. The molecule has 0 unspecified atom stereocenters. The molecule has 2 aromatic carbocycles. The number of esters is 1. The lowest BCUT2D eigenvalue weighted by Gasteiger charge is -2.12. The van der Waals surface area contributed by atoms with Gasteiger partial charge in [0.05, 0.1) is 22.9 Å². The van der Waals surface area contributed by atoms with E-state index in [9.17, 15) is 9.59 Å². The van der Waals surface area contributed by atoms with Crippen LogP contribution in [0.4, 0.5) is 5.69 Å². The third-order valence-electron chi connectivity index (χ3n) is 4.82. The molecular weight excluding hydrogens is 423 g/mol. The van der Waals surface area contributed by atoms with Gasteiger partial charge < -0.3 is 14.6 Å². The number of rotatable bonds is 6. The minimum absolute atomic E-state index is 0.244. The molecule has 0 saturated carbocycles. The average Bonchev–Trinajstić information content (AvgIpc) is 2.95. The quantitative estimate of drug-likeness (QED) is 0.482. The number of anilines is 1. The van der Waals surface area contributed by atoms with Gasteiger partial charge in [-0.3, -0.25) is 4.79 Å². The van der Waals surface area contributed by atoms with E-state index in [0.29, 0.717) is 44.8 Å². The average molecular weight is 445 g/mol. The van der Waals surface area contributed by atoms with Gasteiger partial charge in [0.2, 0.25) is 0 Å². The fourth-order valence-electron chi connectivity index (χ4n) is 3.43. The molecular formula is C23H22Cl2N2O3. The van der Waals surface area contributed by atoms with Gasteiger partial charge >= 0.3 is 5.97 Å². The van der Waals surface area contributed by atoms with Crippen LogP contribution in [-0.2, 0) is 11.3 Å². The van der Waals surface area contributed by atoms with Crippen LogP contribution in [0.15, 0.2) is 48.5 Å². The SMILES string of the molecule is CCOC(=O)c1c(C)c(C(=O)Nc2cc(Cl)ccc2Cl)c(C)n1Cc1ccccc1. The highest BCUT2D eigenvalue weighted by Crippen LogP contribution is 2.29. The monoisotopic (exact) mass is 444 g/mol. The van der Waals surface area contributed by atoms with Crippen LogP contribution in [0.25, 0.3) is 0 Å². The van der Waals surface area contributed by atoms with Crippen molar-refractivity contribution in [3.8, 4) is 0 Å². The van der Waals surface area contributed by atoms with Gasteiger partial charge in [0.25, 0.3) is 5.91 Å². The maximum absolute atomic E-state index is 13.1. The summed E-state index contributed by atoms with van der Waals surface area (Å²) >= 11 is 12.2. The second-order valence-electron chi connectivity index (χ2n) is 6.80. The van der Waals surface area contributed by atoms with Crippen LogP contribution in [0.2, 0.25) is 10.0 Å². The number of hydrogen-bond acceptors (Lipinski definition) is 3. The van der Waals surface area contributed by atoms with Crippen LogP contribution in [-0.4, -0.2) is 23.1 Å². The van der Waals surface area contributed by atoms with Gasteiger partial charge in [0.1, 0.15) is 5.69 Å². The highest BCUT2D eigenvalue weighted by atomic mass is 35.5. The summed E-state index contributed by atoms with van der Waals surface area (Å²) in [6.45, 7) is 5.99. The van der Waals surface area contributed by atoms with E-state index in [2.05, 4.69) is 5.32 Å². The first kappa shape index (κ1) is 21.9. The number of hydrogen-bond donors (Lipinski definition) is 1. The predicted octanol–water partition coefficient (Wildman–Crippen LogP) is 5.89. The van der Waals surface area contributed by atoms with Gasteiger partial charge in [-0.25, -0.2) is 4.79 Å². The number of benzene rings is 2. The van der Waals surface area contributed by atoms with Crippen LogP contribution < -0.4 is 5.32 Å². The highest BCUT2D eigenvalue weighted by molar-refractivity contribution is 6.36. The van der Waals surface area contributed by atoms with Gasteiger partial charge in [-0.2, -0.15) is 0 Å². The summed E-state index contributed by atoms with van der Waals surface area (Å²) in [6, 6.07) is 14.6. The summed E-state index contributed by atoms with van der Waals surface area (Å²) in [4.78, 5) is 25.8. The van der Waals surface area contributed by atoms with Crippen molar-refractivity contribution >= 4 is 40.8 Å². The van der Waals surface area contributed by atoms with Crippen molar-refractivity contribution in [2.45, 2.75) is 27.3 Å². The molecule has 0 fully saturated rings. The molecule has 0 aliphatic heterocycles. The zero-order valence-electron chi connectivity index (χ0n) is 17.0. The zero-order valence-corrected chi connectivity index (χ0v) is 18.5. The Morgan fingerprint density at radius 1 is 1.07 bits per heavy atom. The number of nitrogens with zero attached hydrogens (tertiary/aromatic N) is 1. The molecule has 156 valence electrons. The van der Waals surface area contributed by atoms with Crippen molar-refractivity contribution in [1.29, 1.82) is 0 Å². The minimum Gasteiger partial charge on any atom is -0.461 e. The standard InChI is InChI=1S/C23H22Cl2N2O3/c1-4-30-23(29)21-14(2)20(15(3)27(21)13-16-8-6-5-7-9-16)22(28)26-19-12-17(24)10-11-18(19)25/h5-12H,4,13H2,1-3H3,(H,26,28). The molecule has 0 saturated heterocycles. The Kier molecular flexibility index (Phi) is 6.85. The largest absolute Gasteiger partial charge is 0.461 e. The van der Waals surface area contributed by atoms with Gasteiger partial charge in [-0.15, -0.1) is 0 Å². The van der Waals surface area contributed by atoms with E-state index in [1.807, 2.05) is 41.8 Å². The van der Waals surface area contributed by atoms with Crippen LogP contribution in [0.5, 0.6) is 0 Å². The first-order valence-electron chi connectivity index (χ1n) is 9.50. The summed E-state index contributed by atoms with van der Waals surface area (Å²) in [5.41, 5.74) is 3.39. The lowest BCUT2D eigenvalue weighted by atomic mass is 10.1. The van der Waals surface area contributed by atoms with E-state index in [1.165, 1.54) is 0 Å². The maximum atomic E-state index is 13.1. The Bertz CT molecular complexity index is 1090. The number of halogens is 2. The molecule has 7 heteroatoms. The maximum Gasteiger partial charge on any atom is 0.355 e. The van der Waals surface area contributed by atoms with Crippen molar-refractivity contribution in [2.75, 3.05) is 11.9 Å². The number of ether oxygens (including phenoxy) is 1. The molecule has 3 rings (SSSR count). The van der Waals surface area contributed by atoms with E-state index < -0.39 is 5.97 Å². The van der Waals surface area contributed by atoms with Crippen molar-refractivity contribution in [2.24, 2.45) is 0 Å². The molecule has 3 aromatic rings. The Labute approximate surface area is 185 Å². The van der Waals surface area contributed by atoms with Gasteiger partial charge in [0.15, 0.2) is 0 Å². The van der Waals surface area contributed by atoms with E-state index in [1.54, 1.807) is 32.0 Å². The van der Waals surface area contributed by atoms with Crippen LogP contribution in [0, 0.1) is 13.8 Å². The summed E-state index contributed by atoms with van der Waals surface area (Å²) in [5, 5.41) is 3.63. The molecule has 0 atom stereocenters. The third-order valence-corrected chi connectivity index (χ3v) is 5.39. The number of aromatic nitrogens is 1. The molecule has 0 bridgehead atoms. The molecule has 0 radical (unpaired) electrons. The Morgan fingerprint density at radius 2 is 1.77 bits per heavy atom. The normalized spacial score (nSPS) is 10.7. The second kappa shape index (κ2) is 9.37. The van der Waals surface area contributed by atoms with Crippen molar-refractivity contribution in [3.63, 3.8) is 0 Å². The minimum atomic E-state index is -0.464. The summed E-state index contributed by atoms with van der Waals surface area (Å²) in [7, 11) is 0. The molecule has 1 N–H and O–H groups in total. The number of carbonyl (C=O) groups is 2. The first-order chi connectivity index (χ1) is 14.3. The Balaban J connectivity index is 2.06. The molecule has 1 amide bonds. The third kappa shape index (κ3) is 4.53. The fraction of sp³-hybridized carbons (Fsp3) is 0.217. The Morgan fingerprint density at radius 3 is 2.43 bits per heavy atom. The number of amides is 1. The van der Waals surface area contributed by atoms with Crippen LogP contribution >= 0.6 is 23.2 Å². The van der Waals surface area contributed by atoms with E-state index in [-0.39, 0.29) is 12.5 Å². The fourth-order valence-corrected chi connectivity index (χ4v) is 3.77.